The Bertz CT molecular complexity index is 366. The number of piperidine rings is 1. The molecule has 0 aliphatic carbocycles. The monoisotopic (exact) mass is 252 g/mol. The lowest BCUT2D eigenvalue weighted by molar-refractivity contribution is -0.136. The van der Waals surface area contributed by atoms with Gasteiger partial charge in [-0.3, -0.25) is 4.79 Å². The van der Waals surface area contributed by atoms with Crippen molar-refractivity contribution in [1.29, 1.82) is 0 Å². The second-order valence-corrected chi connectivity index (χ2v) is 4.68. The number of rotatable bonds is 5. The molecule has 1 aromatic heterocycles. The van der Waals surface area contributed by atoms with Crippen molar-refractivity contribution in [2.45, 2.75) is 19.4 Å². The quantitative estimate of drug-likeness (QED) is 0.691. The van der Waals surface area contributed by atoms with E-state index in [0.29, 0.717) is 13.2 Å². The molecule has 0 unspecified atom stereocenters. The zero-order valence-corrected chi connectivity index (χ0v) is 10.7. The maximum Gasteiger partial charge on any atom is 0.229 e. The van der Waals surface area contributed by atoms with Crippen molar-refractivity contribution < 1.29 is 9.53 Å². The SMILES string of the molecule is COCC1(C(=O)NCc2ncc[nH]2)CCNCC1. The molecule has 1 fully saturated rings. The van der Waals surface area contributed by atoms with Crippen LogP contribution in [0.2, 0.25) is 0 Å². The number of carbonyl (C=O) groups excluding carboxylic acids is 1. The fraction of sp³-hybridized carbons (Fsp3) is 0.667. The fourth-order valence-corrected chi connectivity index (χ4v) is 2.36. The molecule has 1 aliphatic heterocycles. The summed E-state index contributed by atoms with van der Waals surface area (Å²) in [5.41, 5.74) is -0.396. The maximum absolute atomic E-state index is 12.3. The molecule has 1 aromatic rings. The molecule has 0 aromatic carbocycles. The first-order valence-corrected chi connectivity index (χ1v) is 6.23. The first kappa shape index (κ1) is 13.0. The summed E-state index contributed by atoms with van der Waals surface area (Å²) in [5.74, 6) is 0.826. The number of hydrogen-bond donors (Lipinski definition) is 3. The predicted octanol–water partition coefficient (Wildman–Crippen LogP) is 0.0421. The van der Waals surface area contributed by atoms with E-state index in [0.717, 1.165) is 31.8 Å². The Hall–Kier alpha value is -1.40. The molecular formula is C12H20N4O2. The number of hydrogen-bond acceptors (Lipinski definition) is 4. The van der Waals surface area contributed by atoms with Crippen molar-refractivity contribution in [3.63, 3.8) is 0 Å². The van der Waals surface area contributed by atoms with Crippen LogP contribution in [0.3, 0.4) is 0 Å². The summed E-state index contributed by atoms with van der Waals surface area (Å²) < 4.78 is 5.23. The molecule has 0 bridgehead atoms. The third kappa shape index (κ3) is 2.88. The predicted molar refractivity (Wildman–Crippen MR) is 66.8 cm³/mol. The van der Waals surface area contributed by atoms with Crippen LogP contribution < -0.4 is 10.6 Å². The van der Waals surface area contributed by atoms with E-state index in [-0.39, 0.29) is 5.91 Å². The molecule has 1 amide bonds. The Morgan fingerprint density at radius 3 is 2.94 bits per heavy atom. The third-order valence-electron chi connectivity index (χ3n) is 3.43. The second kappa shape index (κ2) is 5.97. The molecule has 0 saturated carbocycles. The van der Waals surface area contributed by atoms with Crippen LogP contribution >= 0.6 is 0 Å². The van der Waals surface area contributed by atoms with Gasteiger partial charge in [0, 0.05) is 19.5 Å². The molecule has 0 atom stereocenters. The van der Waals surface area contributed by atoms with Crippen LogP contribution in [-0.2, 0) is 16.1 Å². The Morgan fingerprint density at radius 1 is 1.56 bits per heavy atom. The number of nitrogens with zero attached hydrogens (tertiary/aromatic N) is 1. The van der Waals surface area contributed by atoms with Crippen molar-refractivity contribution in [2.24, 2.45) is 5.41 Å². The molecule has 3 N–H and O–H groups in total. The van der Waals surface area contributed by atoms with E-state index in [1.807, 2.05) is 0 Å². The Kier molecular flexibility index (Phi) is 4.33. The first-order valence-electron chi connectivity index (χ1n) is 6.23. The van der Waals surface area contributed by atoms with Crippen molar-refractivity contribution in [1.82, 2.24) is 20.6 Å². The normalized spacial score (nSPS) is 18.5. The summed E-state index contributed by atoms with van der Waals surface area (Å²) in [4.78, 5) is 19.4. The highest BCUT2D eigenvalue weighted by Gasteiger charge is 2.39. The summed E-state index contributed by atoms with van der Waals surface area (Å²) in [6, 6.07) is 0. The molecule has 0 spiro atoms. The molecule has 2 rings (SSSR count). The van der Waals surface area contributed by atoms with Gasteiger partial charge in [0.25, 0.3) is 0 Å². The van der Waals surface area contributed by atoms with Gasteiger partial charge in [0.1, 0.15) is 5.82 Å². The highest BCUT2D eigenvalue weighted by molar-refractivity contribution is 5.82. The summed E-state index contributed by atoms with van der Waals surface area (Å²) in [7, 11) is 1.64. The molecule has 6 nitrogen and oxygen atoms in total. The summed E-state index contributed by atoms with van der Waals surface area (Å²) in [6.07, 6.45) is 5.05. The van der Waals surface area contributed by atoms with Gasteiger partial charge in [-0.2, -0.15) is 0 Å². The van der Waals surface area contributed by atoms with Gasteiger partial charge in [-0.05, 0) is 25.9 Å². The van der Waals surface area contributed by atoms with Crippen molar-refractivity contribution in [3.05, 3.63) is 18.2 Å². The summed E-state index contributed by atoms with van der Waals surface area (Å²) in [5, 5.41) is 6.21. The van der Waals surface area contributed by atoms with Crippen molar-refractivity contribution in [2.75, 3.05) is 26.8 Å². The van der Waals surface area contributed by atoms with Gasteiger partial charge < -0.3 is 20.4 Å². The van der Waals surface area contributed by atoms with Gasteiger partial charge in [-0.25, -0.2) is 4.98 Å². The number of aromatic amines is 1. The molecule has 18 heavy (non-hydrogen) atoms. The van der Waals surface area contributed by atoms with E-state index in [1.165, 1.54) is 0 Å². The molecule has 6 heteroatoms. The first-order chi connectivity index (χ1) is 8.77. The van der Waals surface area contributed by atoms with Crippen molar-refractivity contribution >= 4 is 5.91 Å². The van der Waals surface area contributed by atoms with E-state index in [4.69, 9.17) is 4.74 Å². The van der Waals surface area contributed by atoms with Crippen LogP contribution in [0, 0.1) is 5.41 Å². The molecule has 100 valence electrons. The zero-order chi connectivity index (χ0) is 12.8. The number of amides is 1. The number of H-pyrrole nitrogens is 1. The lowest BCUT2D eigenvalue weighted by Crippen LogP contribution is -2.50. The van der Waals surface area contributed by atoms with E-state index in [2.05, 4.69) is 20.6 Å². The molecule has 0 radical (unpaired) electrons. The van der Waals surface area contributed by atoms with Gasteiger partial charge in [0.05, 0.1) is 18.6 Å². The van der Waals surface area contributed by atoms with E-state index >= 15 is 0 Å². The number of carbonyl (C=O) groups is 1. The van der Waals surface area contributed by atoms with Crippen LogP contribution in [0.25, 0.3) is 0 Å². The van der Waals surface area contributed by atoms with Crippen LogP contribution in [0.15, 0.2) is 12.4 Å². The second-order valence-electron chi connectivity index (χ2n) is 4.68. The maximum atomic E-state index is 12.3. The van der Waals surface area contributed by atoms with Crippen LogP contribution in [0.4, 0.5) is 0 Å². The number of ether oxygens (including phenoxy) is 1. The lowest BCUT2D eigenvalue weighted by atomic mass is 9.78. The largest absolute Gasteiger partial charge is 0.384 e. The zero-order valence-electron chi connectivity index (χ0n) is 10.7. The molecule has 1 aliphatic rings. The molecule has 1 saturated heterocycles. The summed E-state index contributed by atoms with van der Waals surface area (Å²) in [6.45, 7) is 2.62. The Morgan fingerprint density at radius 2 is 2.33 bits per heavy atom. The van der Waals surface area contributed by atoms with Crippen LogP contribution in [0.1, 0.15) is 18.7 Å². The minimum Gasteiger partial charge on any atom is -0.384 e. The van der Waals surface area contributed by atoms with Crippen LogP contribution in [0.5, 0.6) is 0 Å². The lowest BCUT2D eigenvalue weighted by Gasteiger charge is -2.35. The molecular weight excluding hydrogens is 232 g/mol. The number of methoxy groups -OCH3 is 1. The van der Waals surface area contributed by atoms with E-state index < -0.39 is 5.41 Å². The Labute approximate surface area is 107 Å². The Balaban J connectivity index is 1.95. The van der Waals surface area contributed by atoms with E-state index in [9.17, 15) is 4.79 Å². The minimum atomic E-state index is -0.396. The number of imidazole rings is 1. The average molecular weight is 252 g/mol. The minimum absolute atomic E-state index is 0.0576. The topological polar surface area (TPSA) is 79.0 Å². The average Bonchev–Trinajstić information content (AvgIpc) is 2.90. The standard InChI is InChI=1S/C12H20N4O2/c1-18-9-12(2-4-13-5-3-12)11(17)16-8-10-14-6-7-15-10/h6-7,13H,2-5,8-9H2,1H3,(H,14,15)(H,16,17). The highest BCUT2D eigenvalue weighted by Crippen LogP contribution is 2.29. The van der Waals surface area contributed by atoms with E-state index in [1.54, 1.807) is 19.5 Å². The smallest absolute Gasteiger partial charge is 0.229 e. The van der Waals surface area contributed by atoms with Gasteiger partial charge in [-0.1, -0.05) is 0 Å². The van der Waals surface area contributed by atoms with Crippen LogP contribution in [-0.4, -0.2) is 42.7 Å². The molecule has 2 heterocycles. The number of aromatic nitrogens is 2. The number of nitrogens with one attached hydrogen (secondary N) is 3. The summed E-state index contributed by atoms with van der Waals surface area (Å²) >= 11 is 0. The van der Waals surface area contributed by atoms with Gasteiger partial charge >= 0.3 is 0 Å². The van der Waals surface area contributed by atoms with Crippen molar-refractivity contribution in [3.8, 4) is 0 Å². The highest BCUT2D eigenvalue weighted by atomic mass is 16.5. The fourth-order valence-electron chi connectivity index (χ4n) is 2.36. The third-order valence-corrected chi connectivity index (χ3v) is 3.43. The van der Waals surface area contributed by atoms with Gasteiger partial charge in [0.2, 0.25) is 5.91 Å². The van der Waals surface area contributed by atoms with Gasteiger partial charge in [0.15, 0.2) is 0 Å². The van der Waals surface area contributed by atoms with Gasteiger partial charge in [-0.15, -0.1) is 0 Å².